The lowest BCUT2D eigenvalue weighted by molar-refractivity contribution is -0.138. The number of nitrogens with zero attached hydrogens (tertiary/aromatic N) is 6. The zero-order valence-electron chi connectivity index (χ0n) is 54.8. The Morgan fingerprint density at radius 1 is 0.464 bits per heavy atom. The number of benzene rings is 6. The van der Waals surface area contributed by atoms with E-state index in [4.69, 9.17) is 16.3 Å². The molecular weight excluding hydrogens is 1330 g/mol. The molecule has 3 aliphatic heterocycles. The van der Waals surface area contributed by atoms with Crippen LogP contribution in [-0.2, 0) is 64.1 Å². The van der Waals surface area contributed by atoms with Crippen molar-refractivity contribution in [3.63, 3.8) is 0 Å². The fraction of sp³-hybridized carbons (Fsp3) is 0.366. The average molecular weight is 1410 g/mol. The SMILES string of the molecule is Cc1c(C2CCN(S(=O)(=O)c3ccc(OC(C)C)cc3)CC2)c2cc(F)ccc2n1CC(=O)O.Cc1cc(Cl)ccc1S(=O)(=O)N1CCC(c2c(C)n(CC(=O)O)c3ccc(F)cc23)CC1.Cc1ccc(S(=O)(=O)N2CCC(c3c(C)n(CC(=O)O)c4ccc(F)cc34)CC2)cc1. The summed E-state index contributed by atoms with van der Waals surface area (Å²) in [5, 5.41) is 30.6. The Kier molecular flexibility index (Phi) is 21.6. The van der Waals surface area contributed by atoms with Crippen LogP contribution in [0.2, 0.25) is 5.02 Å². The Labute approximate surface area is 567 Å². The van der Waals surface area contributed by atoms with E-state index in [2.05, 4.69) is 0 Å². The maximum atomic E-state index is 14.1. The molecule has 0 aliphatic carbocycles. The first kappa shape index (κ1) is 71.7. The highest BCUT2D eigenvalue weighted by Gasteiger charge is 2.37. The van der Waals surface area contributed by atoms with Gasteiger partial charge in [0.05, 0.1) is 20.8 Å². The van der Waals surface area contributed by atoms with Gasteiger partial charge in [0.25, 0.3) is 0 Å². The minimum atomic E-state index is -3.65. The van der Waals surface area contributed by atoms with Crippen molar-refractivity contribution in [2.24, 2.45) is 0 Å². The summed E-state index contributed by atoms with van der Waals surface area (Å²) in [5.74, 6) is -3.38. The van der Waals surface area contributed by atoms with Crippen molar-refractivity contribution in [3.05, 3.63) is 189 Å². The van der Waals surface area contributed by atoms with Gasteiger partial charge in [0, 0.05) is 94.1 Å². The third kappa shape index (κ3) is 15.3. The molecule has 3 aliphatic rings. The first-order valence-electron chi connectivity index (χ1n) is 32.0. The first-order chi connectivity index (χ1) is 45.8. The number of aryl methyl sites for hydroxylation is 2. The smallest absolute Gasteiger partial charge is 0.323 e. The molecule has 12 rings (SSSR count). The lowest BCUT2D eigenvalue weighted by Crippen LogP contribution is -2.38. The molecule has 19 nitrogen and oxygen atoms in total. The number of fused-ring (bicyclic) bond motifs is 3. The van der Waals surface area contributed by atoms with Crippen LogP contribution in [0.1, 0.15) is 115 Å². The summed E-state index contributed by atoms with van der Waals surface area (Å²) < 4.78 is 136. The van der Waals surface area contributed by atoms with Crippen molar-refractivity contribution >= 4 is 92.3 Å². The van der Waals surface area contributed by atoms with Crippen molar-refractivity contribution in [1.29, 1.82) is 0 Å². The minimum absolute atomic E-state index is 0.000128. The van der Waals surface area contributed by atoms with E-state index in [1.165, 1.54) is 55.4 Å². The molecule has 0 saturated carbocycles. The van der Waals surface area contributed by atoms with E-state index in [1.54, 1.807) is 99.5 Å². The molecule has 0 unspecified atom stereocenters. The molecule has 3 aromatic heterocycles. The van der Waals surface area contributed by atoms with Gasteiger partial charge in [-0.25, -0.2) is 38.4 Å². The van der Waals surface area contributed by atoms with Gasteiger partial charge in [0.1, 0.15) is 42.8 Å². The third-order valence-corrected chi connectivity index (χ3v) is 24.8. The van der Waals surface area contributed by atoms with E-state index in [0.717, 1.165) is 39.3 Å². The summed E-state index contributed by atoms with van der Waals surface area (Å²) in [6.45, 7) is 14.4. The van der Waals surface area contributed by atoms with Gasteiger partial charge in [0.2, 0.25) is 30.1 Å². The molecule has 97 heavy (non-hydrogen) atoms. The van der Waals surface area contributed by atoms with Crippen LogP contribution in [-0.4, -0.2) is 130 Å². The average Bonchev–Trinajstić information content (AvgIpc) is 1.63. The fourth-order valence-corrected chi connectivity index (χ4v) is 19.0. The molecule has 26 heteroatoms. The van der Waals surface area contributed by atoms with Crippen LogP contribution in [0, 0.1) is 52.1 Å². The number of carbonyl (C=O) groups is 3. The molecule has 0 atom stereocenters. The standard InChI is InChI=1S/C25H29FN2O5S.C23H24ClFN2O4S.C23H25FN2O4S/c1-16(2)33-20-5-7-21(8-6-20)34(31,32)27-12-10-18(11-13-27)25-17(3)28(15-24(29)30)23-9-4-19(26)14-22(23)25;1-14-11-17(24)3-6-21(14)32(30,31)26-9-7-16(8-10-26)23-15(2)27(13-22(28)29)20-5-4-18(25)12-19(20)23;1-15-3-6-19(7-4-15)31(29,30)25-11-9-17(10-12-25)23-16(2)26(14-22(27)28)21-8-5-18(24)13-20(21)23/h4-9,14,16,18H,10-13,15H2,1-3H3,(H,29,30);3-6,11-12,16H,7-10,13H2,1-2H3,(H,28,29);3-8,13,17H,9-12,14H2,1-2H3,(H,27,28). The molecule has 516 valence electrons. The van der Waals surface area contributed by atoms with Crippen molar-refractivity contribution < 1.29 is 72.9 Å². The number of ether oxygens (including phenoxy) is 1. The van der Waals surface area contributed by atoms with Gasteiger partial charge in [-0.2, -0.15) is 12.9 Å². The number of hydrogen-bond donors (Lipinski definition) is 3. The van der Waals surface area contributed by atoms with Crippen LogP contribution in [0.5, 0.6) is 5.75 Å². The molecule has 9 aromatic rings. The molecule has 0 radical (unpaired) electrons. The highest BCUT2D eigenvalue weighted by molar-refractivity contribution is 7.89. The van der Waals surface area contributed by atoms with E-state index in [0.29, 0.717) is 127 Å². The number of halogens is 4. The number of carboxylic acid groups (broad SMARTS) is 3. The number of rotatable bonds is 17. The van der Waals surface area contributed by atoms with Crippen LogP contribution in [0.4, 0.5) is 13.2 Å². The highest BCUT2D eigenvalue weighted by atomic mass is 35.5. The number of sulfonamides is 3. The second-order valence-corrected chi connectivity index (χ2v) is 31.5. The van der Waals surface area contributed by atoms with E-state index in [1.807, 2.05) is 41.5 Å². The molecular formula is C71H78ClF3N6O13S3. The molecule has 6 aromatic carbocycles. The Morgan fingerprint density at radius 3 is 1.09 bits per heavy atom. The monoisotopic (exact) mass is 1410 g/mol. The van der Waals surface area contributed by atoms with E-state index in [-0.39, 0.29) is 75.6 Å². The molecule has 0 spiro atoms. The number of carboxylic acids is 3. The molecule has 0 amide bonds. The van der Waals surface area contributed by atoms with E-state index >= 15 is 0 Å². The van der Waals surface area contributed by atoms with Crippen molar-refractivity contribution in [2.45, 2.75) is 145 Å². The van der Waals surface area contributed by atoms with Gasteiger partial charge in [-0.1, -0.05) is 29.3 Å². The normalized spacial score (nSPS) is 16.0. The fourth-order valence-electron chi connectivity index (χ4n) is 14.2. The number of aliphatic carboxylic acids is 3. The van der Waals surface area contributed by atoms with E-state index < -0.39 is 48.0 Å². The zero-order valence-corrected chi connectivity index (χ0v) is 58.0. The van der Waals surface area contributed by atoms with Crippen LogP contribution < -0.4 is 4.74 Å². The predicted octanol–water partition coefficient (Wildman–Crippen LogP) is 13.3. The predicted molar refractivity (Wildman–Crippen MR) is 365 cm³/mol. The number of aromatic nitrogens is 3. The summed E-state index contributed by atoms with van der Waals surface area (Å²) in [6.07, 6.45) is 3.45. The summed E-state index contributed by atoms with van der Waals surface area (Å²) >= 11 is 5.97. The quantitative estimate of drug-likeness (QED) is 0.0768. The van der Waals surface area contributed by atoms with Gasteiger partial charge in [-0.3, -0.25) is 14.4 Å². The molecule has 3 saturated heterocycles. The maximum absolute atomic E-state index is 14.1. The summed E-state index contributed by atoms with van der Waals surface area (Å²) in [5.41, 5.74) is 8.72. The Balaban J connectivity index is 0.000000158. The van der Waals surface area contributed by atoms with Crippen molar-refractivity contribution in [1.82, 2.24) is 26.6 Å². The van der Waals surface area contributed by atoms with Crippen LogP contribution in [0.15, 0.2) is 136 Å². The Hall–Kier alpha value is -8.04. The summed E-state index contributed by atoms with van der Waals surface area (Å²) in [7, 11) is -10.9. The lowest BCUT2D eigenvalue weighted by Gasteiger charge is -2.32. The first-order valence-corrected chi connectivity index (χ1v) is 36.7. The Morgan fingerprint density at radius 2 is 0.784 bits per heavy atom. The van der Waals surface area contributed by atoms with Crippen LogP contribution >= 0.6 is 11.6 Å². The second kappa shape index (κ2) is 29.2. The zero-order chi connectivity index (χ0) is 70.2. The van der Waals surface area contributed by atoms with Gasteiger partial charge >= 0.3 is 17.9 Å². The van der Waals surface area contributed by atoms with Crippen molar-refractivity contribution in [3.8, 4) is 5.75 Å². The third-order valence-electron chi connectivity index (χ3n) is 18.7. The van der Waals surface area contributed by atoms with Crippen molar-refractivity contribution in [2.75, 3.05) is 39.3 Å². The number of piperidine rings is 3. The number of hydrogen-bond acceptors (Lipinski definition) is 10. The van der Waals surface area contributed by atoms with Crippen LogP contribution in [0.3, 0.4) is 0 Å². The second-order valence-electron chi connectivity index (χ2n) is 25.3. The van der Waals surface area contributed by atoms with Gasteiger partial charge in [0.15, 0.2) is 0 Å². The molecule has 6 heterocycles. The summed E-state index contributed by atoms with van der Waals surface area (Å²) in [4.78, 5) is 34.9. The Bertz CT molecular complexity index is 4820. The minimum Gasteiger partial charge on any atom is -0.491 e. The van der Waals surface area contributed by atoms with Gasteiger partial charge in [-0.15, -0.1) is 0 Å². The summed E-state index contributed by atoms with van der Waals surface area (Å²) in [6, 6.07) is 31.2. The van der Waals surface area contributed by atoms with Gasteiger partial charge in [-0.05, 0) is 236 Å². The van der Waals surface area contributed by atoms with E-state index in [9.17, 15) is 68.1 Å². The topological polar surface area (TPSA) is 248 Å². The maximum Gasteiger partial charge on any atom is 0.323 e. The molecule has 0 bridgehead atoms. The lowest BCUT2D eigenvalue weighted by atomic mass is 9.88. The van der Waals surface area contributed by atoms with Gasteiger partial charge < -0.3 is 33.8 Å². The molecule has 3 N–H and O–H groups in total. The highest BCUT2D eigenvalue weighted by Crippen LogP contribution is 2.43. The largest absolute Gasteiger partial charge is 0.491 e. The van der Waals surface area contributed by atoms with Crippen LogP contribution in [0.25, 0.3) is 32.7 Å². The molecule has 3 fully saturated rings.